The molecule has 16 heavy (non-hydrogen) atoms. The van der Waals surface area contributed by atoms with Crippen molar-refractivity contribution in [3.8, 4) is 0 Å². The molecule has 1 heterocycles. The third kappa shape index (κ3) is 2.08. The van der Waals surface area contributed by atoms with Crippen molar-refractivity contribution in [2.75, 3.05) is 5.73 Å². The Hall–Kier alpha value is -0.990. The largest absolute Gasteiger partial charge is 0.384 e. The van der Waals surface area contributed by atoms with Crippen LogP contribution in [0.25, 0.3) is 0 Å². The SMILES string of the molecule is CC1CCC(c2ncn(C(C)C)c2N)CC1. The Bertz CT molecular complexity index is 346. The van der Waals surface area contributed by atoms with E-state index in [0.29, 0.717) is 12.0 Å². The number of hydrogen-bond donors (Lipinski definition) is 1. The summed E-state index contributed by atoms with van der Waals surface area (Å²) in [6, 6.07) is 0.406. The van der Waals surface area contributed by atoms with Crippen molar-refractivity contribution < 1.29 is 0 Å². The molecule has 1 fully saturated rings. The van der Waals surface area contributed by atoms with Crippen LogP contribution in [0.15, 0.2) is 6.33 Å². The molecule has 1 saturated carbocycles. The molecule has 0 radical (unpaired) electrons. The van der Waals surface area contributed by atoms with Gasteiger partial charge >= 0.3 is 0 Å². The maximum atomic E-state index is 6.17. The van der Waals surface area contributed by atoms with Crippen LogP contribution in [0.2, 0.25) is 0 Å². The smallest absolute Gasteiger partial charge is 0.127 e. The number of aromatic nitrogens is 2. The van der Waals surface area contributed by atoms with Crippen LogP contribution in [0, 0.1) is 5.92 Å². The number of nitrogen functional groups attached to an aromatic ring is 1. The molecule has 0 spiro atoms. The molecule has 0 atom stereocenters. The van der Waals surface area contributed by atoms with Gasteiger partial charge in [0.15, 0.2) is 0 Å². The molecule has 1 aliphatic carbocycles. The number of nitrogens with zero attached hydrogens (tertiary/aromatic N) is 2. The van der Waals surface area contributed by atoms with Gasteiger partial charge in [0.2, 0.25) is 0 Å². The summed E-state index contributed by atoms with van der Waals surface area (Å²) in [6.45, 7) is 6.63. The van der Waals surface area contributed by atoms with Gasteiger partial charge in [0.05, 0.1) is 12.0 Å². The average molecular weight is 221 g/mol. The van der Waals surface area contributed by atoms with Gasteiger partial charge in [-0.25, -0.2) is 4.98 Å². The van der Waals surface area contributed by atoms with Gasteiger partial charge in [0.25, 0.3) is 0 Å². The molecule has 0 amide bonds. The Morgan fingerprint density at radius 3 is 2.44 bits per heavy atom. The minimum atomic E-state index is 0.406. The second-order valence-electron chi connectivity index (χ2n) is 5.47. The van der Waals surface area contributed by atoms with Gasteiger partial charge in [-0.1, -0.05) is 19.8 Å². The maximum Gasteiger partial charge on any atom is 0.127 e. The highest BCUT2D eigenvalue weighted by Gasteiger charge is 2.24. The average Bonchev–Trinajstić information content (AvgIpc) is 2.61. The summed E-state index contributed by atoms with van der Waals surface area (Å²) in [6.07, 6.45) is 7.03. The van der Waals surface area contributed by atoms with Crippen molar-refractivity contribution in [1.29, 1.82) is 0 Å². The van der Waals surface area contributed by atoms with E-state index < -0.39 is 0 Å². The first-order valence-electron chi connectivity index (χ1n) is 6.41. The van der Waals surface area contributed by atoms with E-state index in [1.54, 1.807) is 0 Å². The van der Waals surface area contributed by atoms with Gasteiger partial charge in [0.1, 0.15) is 5.82 Å². The third-order valence-corrected chi connectivity index (χ3v) is 3.82. The molecule has 1 aromatic heterocycles. The predicted molar refractivity (Wildman–Crippen MR) is 67.4 cm³/mol. The number of anilines is 1. The quantitative estimate of drug-likeness (QED) is 0.832. The van der Waals surface area contributed by atoms with Crippen LogP contribution in [-0.4, -0.2) is 9.55 Å². The van der Waals surface area contributed by atoms with Crippen molar-refractivity contribution in [2.45, 2.75) is 58.4 Å². The summed E-state index contributed by atoms with van der Waals surface area (Å²) >= 11 is 0. The van der Waals surface area contributed by atoms with E-state index in [0.717, 1.165) is 17.4 Å². The molecule has 3 heteroatoms. The third-order valence-electron chi connectivity index (χ3n) is 3.82. The minimum absolute atomic E-state index is 0.406. The maximum absolute atomic E-state index is 6.17. The lowest BCUT2D eigenvalue weighted by atomic mass is 9.81. The van der Waals surface area contributed by atoms with Crippen molar-refractivity contribution in [2.24, 2.45) is 5.92 Å². The Labute approximate surface area is 98.1 Å². The molecule has 90 valence electrons. The second-order valence-corrected chi connectivity index (χ2v) is 5.47. The molecule has 2 rings (SSSR count). The van der Waals surface area contributed by atoms with Crippen LogP contribution in [0.1, 0.15) is 64.1 Å². The van der Waals surface area contributed by atoms with E-state index >= 15 is 0 Å². The fourth-order valence-corrected chi connectivity index (χ4v) is 2.64. The molecule has 1 aromatic rings. The molecular weight excluding hydrogens is 198 g/mol. The molecule has 0 bridgehead atoms. The normalized spacial score (nSPS) is 26.2. The van der Waals surface area contributed by atoms with Crippen LogP contribution >= 0.6 is 0 Å². The van der Waals surface area contributed by atoms with Gasteiger partial charge < -0.3 is 10.3 Å². The molecule has 1 aliphatic rings. The molecule has 0 unspecified atom stereocenters. The van der Waals surface area contributed by atoms with Gasteiger partial charge in [-0.05, 0) is 32.6 Å². The van der Waals surface area contributed by atoms with Crippen LogP contribution in [0.3, 0.4) is 0 Å². The second kappa shape index (κ2) is 4.48. The summed E-state index contributed by atoms with van der Waals surface area (Å²) in [7, 11) is 0. The summed E-state index contributed by atoms with van der Waals surface area (Å²) in [5.74, 6) is 2.36. The molecule has 2 N–H and O–H groups in total. The highest BCUT2D eigenvalue weighted by atomic mass is 15.1. The zero-order valence-electron chi connectivity index (χ0n) is 10.6. The summed E-state index contributed by atoms with van der Waals surface area (Å²) < 4.78 is 2.08. The van der Waals surface area contributed by atoms with E-state index in [-0.39, 0.29) is 0 Å². The van der Waals surface area contributed by atoms with E-state index in [1.807, 2.05) is 6.33 Å². The fourth-order valence-electron chi connectivity index (χ4n) is 2.64. The first-order valence-corrected chi connectivity index (χ1v) is 6.41. The van der Waals surface area contributed by atoms with Gasteiger partial charge in [0, 0.05) is 12.0 Å². The number of rotatable bonds is 2. The van der Waals surface area contributed by atoms with E-state index in [9.17, 15) is 0 Å². The zero-order chi connectivity index (χ0) is 11.7. The van der Waals surface area contributed by atoms with Crippen LogP contribution in [0.4, 0.5) is 5.82 Å². The first-order chi connectivity index (χ1) is 7.59. The summed E-state index contributed by atoms with van der Waals surface area (Å²) in [5.41, 5.74) is 7.31. The van der Waals surface area contributed by atoms with E-state index in [1.165, 1.54) is 25.7 Å². The molecular formula is C13H23N3. The lowest BCUT2D eigenvalue weighted by Gasteiger charge is -2.25. The number of nitrogens with two attached hydrogens (primary N) is 1. The van der Waals surface area contributed by atoms with Gasteiger partial charge in [-0.3, -0.25) is 0 Å². The van der Waals surface area contributed by atoms with Crippen molar-refractivity contribution in [1.82, 2.24) is 9.55 Å². The van der Waals surface area contributed by atoms with Gasteiger partial charge in [-0.15, -0.1) is 0 Å². The number of imidazole rings is 1. The highest BCUT2D eigenvalue weighted by molar-refractivity contribution is 5.39. The van der Waals surface area contributed by atoms with Crippen molar-refractivity contribution in [3.05, 3.63) is 12.0 Å². The van der Waals surface area contributed by atoms with E-state index in [2.05, 4.69) is 30.3 Å². The Balaban J connectivity index is 2.15. The minimum Gasteiger partial charge on any atom is -0.384 e. The van der Waals surface area contributed by atoms with Crippen LogP contribution in [-0.2, 0) is 0 Å². The number of hydrogen-bond acceptors (Lipinski definition) is 2. The van der Waals surface area contributed by atoms with Crippen molar-refractivity contribution >= 4 is 5.82 Å². The zero-order valence-corrected chi connectivity index (χ0v) is 10.6. The van der Waals surface area contributed by atoms with E-state index in [4.69, 9.17) is 5.73 Å². The van der Waals surface area contributed by atoms with Gasteiger partial charge in [-0.2, -0.15) is 0 Å². The van der Waals surface area contributed by atoms with Crippen LogP contribution < -0.4 is 5.73 Å². The lowest BCUT2D eigenvalue weighted by molar-refractivity contribution is 0.345. The lowest BCUT2D eigenvalue weighted by Crippen LogP contribution is -2.13. The highest BCUT2D eigenvalue weighted by Crippen LogP contribution is 2.37. The molecule has 0 saturated heterocycles. The topological polar surface area (TPSA) is 43.8 Å². The Morgan fingerprint density at radius 2 is 1.94 bits per heavy atom. The molecule has 0 aliphatic heterocycles. The predicted octanol–water partition coefficient (Wildman–Crippen LogP) is 3.34. The molecule has 0 aromatic carbocycles. The van der Waals surface area contributed by atoms with Crippen LogP contribution in [0.5, 0.6) is 0 Å². The standard InChI is InChI=1S/C13H23N3/c1-9(2)16-8-15-12(13(16)14)11-6-4-10(3)5-7-11/h8-11H,4-7,14H2,1-3H3. The Morgan fingerprint density at radius 1 is 1.31 bits per heavy atom. The first kappa shape index (κ1) is 11.5. The fraction of sp³-hybridized carbons (Fsp3) is 0.769. The van der Waals surface area contributed by atoms with Crippen molar-refractivity contribution in [3.63, 3.8) is 0 Å². The Kier molecular flexibility index (Phi) is 3.22. The monoisotopic (exact) mass is 221 g/mol. The summed E-state index contributed by atoms with van der Waals surface area (Å²) in [4.78, 5) is 4.52. The summed E-state index contributed by atoms with van der Waals surface area (Å²) in [5, 5.41) is 0. The molecule has 3 nitrogen and oxygen atoms in total.